The molecule has 0 aromatic heterocycles. The third kappa shape index (κ3) is 8.37. The van der Waals surface area contributed by atoms with E-state index >= 15 is 0 Å². The number of hydrogen-bond donors (Lipinski definition) is 4. The maximum atomic E-state index is 13.1. The zero-order chi connectivity index (χ0) is 28.2. The smallest absolute Gasteiger partial charge is 0.303 e. The number of carboxylic acids is 1. The molecule has 10 heteroatoms. The number of allylic oxidation sites excluding steroid dienone is 2. The number of aliphatic carboxylic acids is 1. The average molecular weight is 529 g/mol. The summed E-state index contributed by atoms with van der Waals surface area (Å²) < 4.78 is 5.36. The molecule has 1 saturated heterocycles. The van der Waals surface area contributed by atoms with Crippen molar-refractivity contribution in [1.82, 2.24) is 9.91 Å². The number of Topliss-reactive ketones (excluding diaryl/α,β-unsaturated/α-hetero) is 1. The van der Waals surface area contributed by atoms with Crippen molar-refractivity contribution in [1.29, 1.82) is 0 Å². The number of carbonyl (C=O) groups excluding carboxylic acids is 1. The molecule has 0 amide bonds. The van der Waals surface area contributed by atoms with Crippen LogP contribution in [0.15, 0.2) is 35.8 Å². The lowest BCUT2D eigenvalue weighted by atomic mass is 9.98. The summed E-state index contributed by atoms with van der Waals surface area (Å²) in [6, 6.07) is 1.67. The van der Waals surface area contributed by atoms with Crippen molar-refractivity contribution >= 4 is 35.8 Å². The maximum Gasteiger partial charge on any atom is 0.303 e. The Bertz CT molecular complexity index is 1170. The van der Waals surface area contributed by atoms with E-state index in [1.54, 1.807) is 33.0 Å². The first kappa shape index (κ1) is 30.4. The van der Waals surface area contributed by atoms with Gasteiger partial charge in [0.25, 0.3) is 0 Å². The minimum absolute atomic E-state index is 0.0756. The van der Waals surface area contributed by atoms with E-state index < -0.39 is 23.6 Å². The molecule has 1 aromatic carbocycles. The first-order valence-corrected chi connectivity index (χ1v) is 12.8. The maximum absolute atomic E-state index is 13.1. The minimum atomic E-state index is -0.918. The van der Waals surface area contributed by atoms with Gasteiger partial charge in [-0.3, -0.25) is 19.5 Å². The Morgan fingerprint density at radius 1 is 1.21 bits per heavy atom. The van der Waals surface area contributed by atoms with E-state index in [2.05, 4.69) is 28.5 Å². The van der Waals surface area contributed by atoms with Crippen molar-refractivity contribution in [3.8, 4) is 5.75 Å². The number of aromatic hydroxyl groups is 1. The number of rotatable bonds is 14. The minimum Gasteiger partial charge on any atom is -0.508 e. The number of phenols is 1. The van der Waals surface area contributed by atoms with Gasteiger partial charge in [-0.15, -0.1) is 0 Å². The fraction of sp³-hybridized carbons (Fsp3) is 0.464. The summed E-state index contributed by atoms with van der Waals surface area (Å²) in [4.78, 5) is 26.0. The molecule has 1 aliphatic rings. The predicted octanol–water partition coefficient (Wildman–Crippen LogP) is 2.17. The molecule has 10 nitrogen and oxygen atoms in total. The second kappa shape index (κ2) is 14.8. The van der Waals surface area contributed by atoms with Gasteiger partial charge in [-0.1, -0.05) is 25.7 Å². The molecule has 0 bridgehead atoms. The molecule has 0 spiro atoms. The molecule has 208 valence electrons. The summed E-state index contributed by atoms with van der Waals surface area (Å²) in [5, 5.41) is 40.2. The highest BCUT2D eigenvalue weighted by molar-refractivity contribution is 6.21. The van der Waals surface area contributed by atoms with Gasteiger partial charge in [0.2, 0.25) is 5.78 Å². The summed E-state index contributed by atoms with van der Waals surface area (Å²) in [6.07, 6.45) is 6.40. The van der Waals surface area contributed by atoms with Gasteiger partial charge in [-0.2, -0.15) is 5.10 Å². The summed E-state index contributed by atoms with van der Waals surface area (Å²) >= 11 is 0. The molecule has 1 heterocycles. The van der Waals surface area contributed by atoms with E-state index in [4.69, 9.17) is 9.84 Å². The normalized spacial score (nSPS) is 16.0. The first-order valence-electron chi connectivity index (χ1n) is 12.8. The molecule has 2 rings (SSSR count). The zero-order valence-electron chi connectivity index (χ0n) is 22.6. The second-order valence-electron chi connectivity index (χ2n) is 9.15. The number of ether oxygens (including phenoxy) is 1. The summed E-state index contributed by atoms with van der Waals surface area (Å²) in [6.45, 7) is 14.8. The van der Waals surface area contributed by atoms with Crippen LogP contribution in [-0.2, 0) is 14.3 Å². The largest absolute Gasteiger partial charge is 0.508 e. The molecule has 0 aliphatic carbocycles. The van der Waals surface area contributed by atoms with Crippen molar-refractivity contribution in [2.75, 3.05) is 45.1 Å². The molecule has 38 heavy (non-hydrogen) atoms. The number of nitrogens with zero attached hydrogens (tertiary/aromatic N) is 3. The number of unbranched alkanes of at least 4 members (excludes halogenated alkanes) is 2. The molecule has 1 atom stereocenters. The molecule has 0 radical (unpaired) electrons. The van der Waals surface area contributed by atoms with Gasteiger partial charge < -0.3 is 25.4 Å². The van der Waals surface area contributed by atoms with Gasteiger partial charge in [-0.05, 0) is 44.5 Å². The Morgan fingerprint density at radius 2 is 1.89 bits per heavy atom. The Kier molecular flexibility index (Phi) is 11.9. The summed E-state index contributed by atoms with van der Waals surface area (Å²) in [5.41, 5.74) is 0.747. The fourth-order valence-electron chi connectivity index (χ4n) is 4.23. The number of carboxylic acid groups (broad SMARTS) is 1. The Morgan fingerprint density at radius 3 is 2.47 bits per heavy atom. The third-order valence-corrected chi connectivity index (χ3v) is 6.33. The molecular weight excluding hydrogens is 488 g/mol. The van der Waals surface area contributed by atoms with Crippen LogP contribution < -0.4 is 15.8 Å². The van der Waals surface area contributed by atoms with Gasteiger partial charge in [-0.25, -0.2) is 0 Å². The van der Waals surface area contributed by atoms with Crippen LogP contribution >= 0.6 is 0 Å². The number of nitrogens with one attached hydrogen (secondary N) is 1. The van der Waals surface area contributed by atoms with E-state index in [1.807, 2.05) is 5.01 Å². The number of aliphatic hydroxyl groups excluding tert-OH is 1. The number of aliphatic hydroxyl groups is 1. The molecule has 1 fully saturated rings. The van der Waals surface area contributed by atoms with Gasteiger partial charge in [0.05, 0.1) is 23.6 Å². The standard InChI is InChI=1S/C28H40N4O6/c1-6-16-38-21(4)27(36)26(20(3)33)25-19(2)17-23(29-5)22(28(25)37)18-30-32-14-12-31(13-15-32)11-9-7-8-10-24(34)35/h6,16-18,21,29,33,37H,2-3,7-15H2,1,4-5H3,(H,34,35)/b16-6+,26-25-,30-18+. The lowest BCUT2D eigenvalue weighted by Crippen LogP contribution is -2.44. The lowest BCUT2D eigenvalue weighted by molar-refractivity contribution is -0.137. The van der Waals surface area contributed by atoms with Crippen LogP contribution in [0.4, 0.5) is 5.69 Å². The first-order chi connectivity index (χ1) is 18.1. The summed E-state index contributed by atoms with van der Waals surface area (Å²) in [5.74, 6) is -2.04. The van der Waals surface area contributed by atoms with Gasteiger partial charge in [0, 0.05) is 50.6 Å². The topological polar surface area (TPSA) is 135 Å². The van der Waals surface area contributed by atoms with E-state index in [0.29, 0.717) is 36.0 Å². The van der Waals surface area contributed by atoms with Crippen LogP contribution in [0.25, 0.3) is 12.2 Å². The van der Waals surface area contributed by atoms with Crippen molar-refractivity contribution in [2.45, 2.75) is 45.6 Å². The van der Waals surface area contributed by atoms with Crippen LogP contribution in [0.2, 0.25) is 0 Å². The van der Waals surface area contributed by atoms with Crippen LogP contribution in [-0.4, -0.2) is 89.1 Å². The number of phenolic OH excluding ortho intramolecular Hbond substituents is 1. The highest BCUT2D eigenvalue weighted by atomic mass is 16.5. The van der Waals surface area contributed by atoms with E-state index in [-0.39, 0.29) is 23.0 Å². The van der Waals surface area contributed by atoms with Crippen LogP contribution in [0.1, 0.15) is 45.1 Å². The SMILES string of the molecule is C=C(O)/C(C(=O)C(C)O/C=C/C)=c1/c(O)c(/C=N/N2CCN(CCCCCC(=O)O)CC2)c(NC)cc1=C. The van der Waals surface area contributed by atoms with Crippen LogP contribution in [0, 0.1) is 0 Å². The Hall–Kier alpha value is -3.79. The lowest BCUT2D eigenvalue weighted by Gasteiger charge is -2.33. The van der Waals surface area contributed by atoms with Gasteiger partial charge >= 0.3 is 5.97 Å². The van der Waals surface area contributed by atoms with E-state index in [9.17, 15) is 19.8 Å². The highest BCUT2D eigenvalue weighted by Gasteiger charge is 2.24. The Balaban J connectivity index is 2.25. The predicted molar refractivity (Wildman–Crippen MR) is 150 cm³/mol. The zero-order valence-corrected chi connectivity index (χ0v) is 22.6. The van der Waals surface area contributed by atoms with E-state index in [1.165, 1.54) is 12.5 Å². The molecule has 0 saturated carbocycles. The number of piperazine rings is 1. The number of benzene rings is 1. The highest BCUT2D eigenvalue weighted by Crippen LogP contribution is 2.21. The molecule has 1 aliphatic heterocycles. The van der Waals surface area contributed by atoms with Crippen molar-refractivity contribution in [2.24, 2.45) is 5.10 Å². The third-order valence-electron chi connectivity index (χ3n) is 6.33. The van der Waals surface area contributed by atoms with Gasteiger partial charge in [0.1, 0.15) is 11.5 Å². The number of ketones is 1. The van der Waals surface area contributed by atoms with Crippen LogP contribution in [0.3, 0.4) is 0 Å². The monoisotopic (exact) mass is 528 g/mol. The van der Waals surface area contributed by atoms with Crippen molar-refractivity contribution < 1.29 is 29.6 Å². The second-order valence-corrected chi connectivity index (χ2v) is 9.15. The van der Waals surface area contributed by atoms with Crippen molar-refractivity contribution in [3.63, 3.8) is 0 Å². The fourth-order valence-corrected chi connectivity index (χ4v) is 4.23. The molecule has 1 aromatic rings. The average Bonchev–Trinajstić information content (AvgIpc) is 2.88. The molecular formula is C28H40N4O6. The number of carbonyl (C=O) groups is 2. The van der Waals surface area contributed by atoms with Gasteiger partial charge in [0.15, 0.2) is 6.10 Å². The summed E-state index contributed by atoms with van der Waals surface area (Å²) in [7, 11) is 1.70. The molecule has 1 unspecified atom stereocenters. The van der Waals surface area contributed by atoms with Crippen molar-refractivity contribution in [3.05, 3.63) is 46.7 Å². The molecule has 4 N–H and O–H groups in total. The Labute approximate surface area is 223 Å². The number of hydrazone groups is 1. The number of hydrogen-bond acceptors (Lipinski definition) is 9. The quantitative estimate of drug-likeness (QED) is 0.163. The van der Waals surface area contributed by atoms with Crippen LogP contribution in [0.5, 0.6) is 5.75 Å². The van der Waals surface area contributed by atoms with E-state index in [0.717, 1.165) is 32.5 Å². The number of anilines is 1.